The number of amides is 1. The average Bonchev–Trinajstić information content (AvgIpc) is 3.07. The molecule has 1 aliphatic heterocycles. The summed E-state index contributed by atoms with van der Waals surface area (Å²) in [6.07, 6.45) is 0.678. The van der Waals surface area contributed by atoms with Crippen molar-refractivity contribution in [2.24, 2.45) is 0 Å². The summed E-state index contributed by atoms with van der Waals surface area (Å²) in [5, 5.41) is 1.94. The number of carbonyl (C=O) groups is 1. The number of hydrogen-bond donors (Lipinski definition) is 0. The molecule has 3 heterocycles. The van der Waals surface area contributed by atoms with Gasteiger partial charge >= 0.3 is 0 Å². The van der Waals surface area contributed by atoms with Crippen molar-refractivity contribution in [2.45, 2.75) is 26.8 Å². The van der Waals surface area contributed by atoms with Crippen molar-refractivity contribution in [2.75, 3.05) is 6.54 Å². The molecule has 4 nitrogen and oxygen atoms in total. The summed E-state index contributed by atoms with van der Waals surface area (Å²) in [5.41, 5.74) is 4.47. The fraction of sp³-hybridized carbons (Fsp3) is 0.250. The highest BCUT2D eigenvalue weighted by molar-refractivity contribution is 7.12. The second-order valence-electron chi connectivity index (χ2n) is 6.48. The molecule has 3 aromatic rings. The largest absolute Gasteiger partial charge is 0.333 e. The SMILES string of the molecule is Cc1ccsc1C(=O)N1CCc2nc(-c3cccc(F)c3)nc(C)c2C1. The lowest BCUT2D eigenvalue weighted by atomic mass is 10.0. The quantitative estimate of drug-likeness (QED) is 0.683. The summed E-state index contributed by atoms with van der Waals surface area (Å²) >= 11 is 1.48. The second kappa shape index (κ2) is 6.61. The van der Waals surface area contributed by atoms with Crippen LogP contribution in [0.3, 0.4) is 0 Å². The molecule has 132 valence electrons. The molecule has 0 bridgehead atoms. The third-order valence-electron chi connectivity index (χ3n) is 4.69. The number of thiophene rings is 1. The molecule has 6 heteroatoms. The van der Waals surface area contributed by atoms with Gasteiger partial charge in [-0.05, 0) is 43.0 Å². The van der Waals surface area contributed by atoms with Gasteiger partial charge in [-0.3, -0.25) is 4.79 Å². The van der Waals surface area contributed by atoms with Crippen molar-refractivity contribution in [3.63, 3.8) is 0 Å². The lowest BCUT2D eigenvalue weighted by Crippen LogP contribution is -2.37. The summed E-state index contributed by atoms with van der Waals surface area (Å²) in [7, 11) is 0. The van der Waals surface area contributed by atoms with Crippen LogP contribution in [0, 0.1) is 19.7 Å². The molecule has 0 unspecified atom stereocenters. The third kappa shape index (κ3) is 3.01. The summed E-state index contributed by atoms with van der Waals surface area (Å²) in [5.74, 6) is 0.302. The van der Waals surface area contributed by atoms with Gasteiger partial charge in [-0.25, -0.2) is 14.4 Å². The molecule has 0 fully saturated rings. The van der Waals surface area contributed by atoms with Crippen molar-refractivity contribution in [3.8, 4) is 11.4 Å². The zero-order valence-corrected chi connectivity index (χ0v) is 15.4. The predicted octanol–water partition coefficient (Wildman–Crippen LogP) is 4.16. The number of halogens is 1. The zero-order chi connectivity index (χ0) is 18.3. The van der Waals surface area contributed by atoms with Crippen LogP contribution in [0.15, 0.2) is 35.7 Å². The number of aryl methyl sites for hydroxylation is 2. The molecule has 1 amide bonds. The van der Waals surface area contributed by atoms with E-state index >= 15 is 0 Å². The van der Waals surface area contributed by atoms with E-state index in [4.69, 9.17) is 0 Å². The molecular formula is C20H18FN3OS. The lowest BCUT2D eigenvalue weighted by Gasteiger charge is -2.29. The van der Waals surface area contributed by atoms with E-state index in [1.54, 1.807) is 6.07 Å². The molecule has 2 aromatic heterocycles. The summed E-state index contributed by atoms with van der Waals surface area (Å²) in [6.45, 7) is 5.03. The first-order valence-electron chi connectivity index (χ1n) is 8.48. The number of carbonyl (C=O) groups excluding carboxylic acids is 1. The minimum atomic E-state index is -0.301. The number of aromatic nitrogens is 2. The Balaban J connectivity index is 1.64. The number of rotatable bonds is 2. The van der Waals surface area contributed by atoms with Crippen molar-refractivity contribution in [1.82, 2.24) is 14.9 Å². The Bertz CT molecular complexity index is 998. The van der Waals surface area contributed by atoms with E-state index in [1.807, 2.05) is 36.3 Å². The third-order valence-corrected chi connectivity index (χ3v) is 5.70. The molecule has 0 saturated heterocycles. The van der Waals surface area contributed by atoms with Crippen molar-refractivity contribution in [3.05, 3.63) is 68.9 Å². The minimum Gasteiger partial charge on any atom is -0.333 e. The summed E-state index contributed by atoms with van der Waals surface area (Å²) in [4.78, 5) is 24.6. The van der Waals surface area contributed by atoms with Crippen molar-refractivity contribution < 1.29 is 9.18 Å². The maximum absolute atomic E-state index is 13.5. The van der Waals surface area contributed by atoms with Gasteiger partial charge in [-0.1, -0.05) is 12.1 Å². The number of benzene rings is 1. The van der Waals surface area contributed by atoms with Gasteiger partial charge in [-0.15, -0.1) is 11.3 Å². The molecule has 0 radical (unpaired) electrons. The first-order valence-corrected chi connectivity index (χ1v) is 9.36. The first-order chi connectivity index (χ1) is 12.5. The average molecular weight is 367 g/mol. The second-order valence-corrected chi connectivity index (χ2v) is 7.39. The van der Waals surface area contributed by atoms with E-state index in [9.17, 15) is 9.18 Å². The lowest BCUT2D eigenvalue weighted by molar-refractivity contribution is 0.0737. The van der Waals surface area contributed by atoms with Crippen LogP contribution in [0.4, 0.5) is 4.39 Å². The van der Waals surface area contributed by atoms with E-state index in [1.165, 1.54) is 23.5 Å². The topological polar surface area (TPSA) is 46.1 Å². The maximum Gasteiger partial charge on any atom is 0.264 e. The maximum atomic E-state index is 13.5. The van der Waals surface area contributed by atoms with Crippen LogP contribution in [-0.2, 0) is 13.0 Å². The Morgan fingerprint density at radius 3 is 2.81 bits per heavy atom. The molecular weight excluding hydrogens is 349 g/mol. The van der Waals surface area contributed by atoms with Gasteiger partial charge in [0.05, 0.1) is 10.6 Å². The van der Waals surface area contributed by atoms with Gasteiger partial charge in [0.25, 0.3) is 5.91 Å². The van der Waals surface area contributed by atoms with E-state index < -0.39 is 0 Å². The Morgan fingerprint density at radius 2 is 2.08 bits per heavy atom. The Hall–Kier alpha value is -2.60. The molecule has 4 rings (SSSR count). The molecule has 1 aromatic carbocycles. The van der Waals surface area contributed by atoms with Crippen molar-refractivity contribution >= 4 is 17.2 Å². The number of hydrogen-bond acceptors (Lipinski definition) is 4. The molecule has 0 N–H and O–H groups in total. The van der Waals surface area contributed by atoms with Gasteiger partial charge in [-0.2, -0.15) is 0 Å². The first kappa shape index (κ1) is 16.8. The van der Waals surface area contributed by atoms with Crippen LogP contribution in [0.25, 0.3) is 11.4 Å². The number of fused-ring (bicyclic) bond motifs is 1. The highest BCUT2D eigenvalue weighted by atomic mass is 32.1. The van der Waals surface area contributed by atoms with Gasteiger partial charge < -0.3 is 4.90 Å². The summed E-state index contributed by atoms with van der Waals surface area (Å²) in [6, 6.07) is 8.29. The molecule has 0 spiro atoms. The highest BCUT2D eigenvalue weighted by Gasteiger charge is 2.26. The van der Waals surface area contributed by atoms with E-state index in [2.05, 4.69) is 9.97 Å². The number of nitrogens with zero attached hydrogens (tertiary/aromatic N) is 3. The van der Waals surface area contributed by atoms with Gasteiger partial charge in [0, 0.05) is 36.3 Å². The Labute approximate surface area is 155 Å². The molecule has 0 atom stereocenters. The molecule has 0 saturated carbocycles. The van der Waals surface area contributed by atoms with Crippen molar-refractivity contribution in [1.29, 1.82) is 0 Å². The predicted molar refractivity (Wildman–Crippen MR) is 99.7 cm³/mol. The van der Waals surface area contributed by atoms with Gasteiger partial charge in [0.15, 0.2) is 5.82 Å². The standard InChI is InChI=1S/C20H18FN3OS/c1-12-7-9-26-18(12)20(25)24-8-6-17-16(11-24)13(2)22-19(23-17)14-4-3-5-15(21)10-14/h3-5,7,9-10H,6,8,11H2,1-2H3. The monoisotopic (exact) mass is 367 g/mol. The Kier molecular flexibility index (Phi) is 4.28. The minimum absolute atomic E-state index is 0.0664. The van der Waals surface area contributed by atoms with Crippen LogP contribution in [0.2, 0.25) is 0 Å². The van der Waals surface area contributed by atoms with Crippen LogP contribution >= 0.6 is 11.3 Å². The molecule has 1 aliphatic rings. The van der Waals surface area contributed by atoms with E-state index in [-0.39, 0.29) is 11.7 Å². The van der Waals surface area contributed by atoms with Gasteiger partial charge in [0.1, 0.15) is 5.82 Å². The van der Waals surface area contributed by atoms with Crippen LogP contribution < -0.4 is 0 Å². The highest BCUT2D eigenvalue weighted by Crippen LogP contribution is 2.26. The Morgan fingerprint density at radius 1 is 1.23 bits per heavy atom. The smallest absolute Gasteiger partial charge is 0.264 e. The fourth-order valence-corrected chi connectivity index (χ4v) is 4.14. The molecule has 0 aliphatic carbocycles. The van der Waals surface area contributed by atoms with Gasteiger partial charge in [0.2, 0.25) is 0 Å². The zero-order valence-electron chi connectivity index (χ0n) is 14.6. The molecule has 26 heavy (non-hydrogen) atoms. The van der Waals surface area contributed by atoms with E-state index in [0.717, 1.165) is 27.4 Å². The van der Waals surface area contributed by atoms with Crippen LogP contribution in [0.5, 0.6) is 0 Å². The summed E-state index contributed by atoms with van der Waals surface area (Å²) < 4.78 is 13.5. The fourth-order valence-electron chi connectivity index (χ4n) is 3.24. The normalized spacial score (nSPS) is 13.6. The van der Waals surface area contributed by atoms with Crippen LogP contribution in [-0.4, -0.2) is 27.3 Å². The van der Waals surface area contributed by atoms with Crippen LogP contribution in [0.1, 0.15) is 32.2 Å². The van der Waals surface area contributed by atoms with E-state index in [0.29, 0.717) is 30.9 Å².